The maximum absolute atomic E-state index is 2.41. The van der Waals surface area contributed by atoms with Crippen LogP contribution in [0.15, 0.2) is 346 Å². The molecule has 0 atom stereocenters. The summed E-state index contributed by atoms with van der Waals surface area (Å²) in [7, 11) is 0. The second-order valence-electron chi connectivity index (χ2n) is 43.8. The van der Waals surface area contributed by atoms with Crippen LogP contribution in [0.2, 0.25) is 0 Å². The van der Waals surface area contributed by atoms with Gasteiger partial charge in [0.05, 0.1) is 0 Å². The summed E-state index contributed by atoms with van der Waals surface area (Å²) in [6.45, 7) is 57.4. The first kappa shape index (κ1) is 102. The molecule has 1 fully saturated rings. The van der Waals surface area contributed by atoms with Crippen LogP contribution in [0, 0.1) is 66.6 Å². The highest BCUT2D eigenvalue weighted by Crippen LogP contribution is 2.51. The van der Waals surface area contributed by atoms with Gasteiger partial charge in [0.2, 0.25) is 0 Å². The lowest BCUT2D eigenvalue weighted by Gasteiger charge is -2.45. The van der Waals surface area contributed by atoms with Crippen LogP contribution < -0.4 is 0 Å². The van der Waals surface area contributed by atoms with Gasteiger partial charge in [0.25, 0.3) is 0 Å². The number of benzene rings is 13. The molecule has 0 spiro atoms. The Kier molecular flexibility index (Phi) is 38.5. The van der Waals surface area contributed by atoms with Crippen molar-refractivity contribution in [3.63, 3.8) is 0 Å². The Bertz CT molecular complexity index is 4980. The Hall–Kier alpha value is -9.88. The molecule has 1 aliphatic carbocycles. The quantitative estimate of drug-likeness (QED) is 0.0757. The summed E-state index contributed by atoms with van der Waals surface area (Å²) in [6, 6.07) is 125. The molecule has 1 aliphatic rings. The van der Waals surface area contributed by atoms with Gasteiger partial charge in [-0.2, -0.15) is 0 Å². The molecule has 13 aromatic carbocycles. The van der Waals surface area contributed by atoms with E-state index in [0.29, 0.717) is 44.8 Å². The number of aryl methyl sites for hydroxylation is 5. The largest absolute Gasteiger partial charge is 0.0622 e. The Morgan fingerprint density at radius 1 is 0.341 bits per heavy atom. The van der Waals surface area contributed by atoms with E-state index in [1.807, 2.05) is 0 Å². The molecule has 13 aromatic rings. The third kappa shape index (κ3) is 33.7. The lowest BCUT2D eigenvalue weighted by molar-refractivity contribution is 0.146. The summed E-state index contributed by atoms with van der Waals surface area (Å²) >= 11 is 0. The zero-order valence-electron chi connectivity index (χ0n) is 82.9. The maximum atomic E-state index is 2.41. The normalized spacial score (nSPS) is 13.0. The monoisotopic (exact) mass is 1680 g/mol. The van der Waals surface area contributed by atoms with Crippen molar-refractivity contribution in [1.82, 2.24) is 0 Å². The van der Waals surface area contributed by atoms with Crippen LogP contribution in [-0.2, 0) is 35.5 Å². The molecule has 14 rings (SSSR count). The van der Waals surface area contributed by atoms with Gasteiger partial charge in [-0.1, -0.05) is 514 Å². The molecule has 0 saturated heterocycles. The van der Waals surface area contributed by atoms with Gasteiger partial charge in [-0.05, 0) is 244 Å². The number of hydrogen-bond donors (Lipinski definition) is 0. The topological polar surface area (TPSA) is 0 Å². The number of hydrogen-bond acceptors (Lipinski definition) is 0. The zero-order valence-corrected chi connectivity index (χ0v) is 82.9. The van der Waals surface area contributed by atoms with E-state index in [-0.39, 0.29) is 16.2 Å². The highest BCUT2D eigenvalue weighted by atomic mass is 14.5. The van der Waals surface area contributed by atoms with Crippen LogP contribution in [-0.4, -0.2) is 0 Å². The fourth-order valence-electron chi connectivity index (χ4n) is 17.9. The zero-order chi connectivity index (χ0) is 91.8. The molecule has 0 aliphatic heterocycles. The Morgan fingerprint density at radius 2 is 0.730 bits per heavy atom. The summed E-state index contributed by atoms with van der Waals surface area (Å²) in [5.41, 5.74) is 26.5. The summed E-state index contributed by atoms with van der Waals surface area (Å²) in [5, 5.41) is 2.73. The van der Waals surface area contributed by atoms with Gasteiger partial charge in [-0.25, -0.2) is 0 Å². The molecule has 0 aromatic heterocycles. The minimum atomic E-state index is 0.0899. The highest BCUT2D eigenvalue weighted by molar-refractivity contribution is 5.86. The molecule has 126 heavy (non-hydrogen) atoms. The van der Waals surface area contributed by atoms with Gasteiger partial charge >= 0.3 is 0 Å². The van der Waals surface area contributed by atoms with E-state index in [2.05, 4.69) is 519 Å². The average Bonchev–Trinajstić information content (AvgIpc) is 0.766. The summed E-state index contributed by atoms with van der Waals surface area (Å²) in [6.07, 6.45) is 16.0. The molecule has 0 radical (unpaired) electrons. The summed E-state index contributed by atoms with van der Waals surface area (Å²) in [5.74, 6) is 2.62. The molecular weight excluding hydrogens is 1510 g/mol. The predicted octanol–water partition coefficient (Wildman–Crippen LogP) is 36.7. The average molecular weight is 1680 g/mol. The lowest BCUT2D eigenvalue weighted by atomic mass is 9.59. The van der Waals surface area contributed by atoms with E-state index >= 15 is 0 Å². The van der Waals surface area contributed by atoms with E-state index in [9.17, 15) is 0 Å². The smallest absolute Gasteiger partial charge is 0.0203 e. The second-order valence-corrected chi connectivity index (χ2v) is 43.8. The van der Waals surface area contributed by atoms with Gasteiger partial charge in [-0.15, -0.1) is 0 Å². The van der Waals surface area contributed by atoms with Crippen LogP contribution >= 0.6 is 0 Å². The van der Waals surface area contributed by atoms with Crippen molar-refractivity contribution < 1.29 is 0 Å². The van der Waals surface area contributed by atoms with Crippen molar-refractivity contribution in [3.05, 3.63) is 429 Å². The van der Waals surface area contributed by atoms with Gasteiger partial charge in [0, 0.05) is 16.7 Å². The Morgan fingerprint density at radius 3 is 1.13 bits per heavy atom. The maximum Gasteiger partial charge on any atom is 0.0203 e. The van der Waals surface area contributed by atoms with Gasteiger partial charge in [0.15, 0.2) is 0 Å². The van der Waals surface area contributed by atoms with Gasteiger partial charge < -0.3 is 0 Å². The minimum Gasteiger partial charge on any atom is -0.0622 e. The first-order valence-corrected chi connectivity index (χ1v) is 47.7. The van der Waals surface area contributed by atoms with Crippen molar-refractivity contribution >= 4 is 10.8 Å². The fourth-order valence-corrected chi connectivity index (χ4v) is 17.9. The number of fused-ring (bicyclic) bond motifs is 1. The lowest BCUT2D eigenvalue weighted by Crippen LogP contribution is -2.36. The second kappa shape index (κ2) is 47.8. The van der Waals surface area contributed by atoms with E-state index in [1.54, 1.807) is 0 Å². The van der Waals surface area contributed by atoms with Crippen molar-refractivity contribution in [2.45, 2.75) is 285 Å². The fraction of sp³-hybridized carbons (Fsp3) is 0.397. The van der Waals surface area contributed by atoms with E-state index in [1.165, 1.54) is 176 Å². The molecule has 0 bridgehead atoms. The van der Waals surface area contributed by atoms with Gasteiger partial charge in [0.1, 0.15) is 0 Å². The van der Waals surface area contributed by atoms with E-state index in [4.69, 9.17) is 0 Å². The Balaban J connectivity index is 0.000000184. The van der Waals surface area contributed by atoms with E-state index < -0.39 is 0 Å². The highest BCUT2D eigenvalue weighted by Gasteiger charge is 2.41. The standard InChI is InChI=1S/C23H32.C22H28.2C19H24.C18H22.C13H14.C12H18/c1-18-8-12-20(13-9-18)23(6,17-7-16-22(3,4)5)21-14-10-19(2)11-15-21;1-21(2,3)18-14-16-22(17-15-18,19-10-6-4-7-11-19)20-12-8-5-9-13-20;1-19(2,3)18(14-16-10-6-4-7-11-16)15-17-12-8-5-9-13-17;1-19(2,3)15-14-18(16-10-6-4-7-11-16)17-12-8-5-9-13-17;1-18(2,3)14-13-15-9-11-17(12-10-15)16-7-5-4-6-8-16;1-10(2)12-9-5-7-11-6-3-4-8-13(11)12;1-9-6-7-11(10(2)8-9)12(3,4)5/h8-15H,7,16-17H2,1-6H3;4-13,18H,14-17H2,1-3H3;2*4-13,18H,14-15H2,1-3H3;4-12H,13-14H2,1-3H3;3-10H,1-2H3;6-8H,1-5H3. The Labute approximate surface area is 769 Å². The molecule has 0 heterocycles. The minimum absolute atomic E-state index is 0.0899. The molecular formula is C126H162. The molecule has 0 nitrogen and oxygen atoms in total. The predicted molar refractivity (Wildman–Crippen MR) is 556 cm³/mol. The third-order valence-electron chi connectivity index (χ3n) is 26.0. The van der Waals surface area contributed by atoms with Crippen molar-refractivity contribution in [1.29, 1.82) is 0 Å². The SMILES string of the molecule is CC(C)(C)C(Cc1ccccc1)Cc1ccccc1.CC(C)(C)C1CCC(c2ccccc2)(c2ccccc2)CC1.CC(C)(C)CCC(c1ccccc1)c1ccccc1.CC(C)(C)CCc1ccc(-c2ccccc2)cc1.CC(C)c1cccc2ccccc12.Cc1ccc(C(C)(C)C)c(C)c1.Cc1ccc(C(C)(CCCC(C)(C)C)c2ccc(C)cc2)cc1. The van der Waals surface area contributed by atoms with Crippen LogP contribution in [0.4, 0.5) is 0 Å². The van der Waals surface area contributed by atoms with Crippen molar-refractivity contribution in [2.24, 2.45) is 38.9 Å². The molecule has 1 saturated carbocycles. The van der Waals surface area contributed by atoms with Crippen LogP contribution in [0.1, 0.15) is 305 Å². The molecule has 0 N–H and O–H groups in total. The van der Waals surface area contributed by atoms with Crippen LogP contribution in [0.3, 0.4) is 0 Å². The molecule has 0 unspecified atom stereocenters. The third-order valence-corrected chi connectivity index (χ3v) is 26.0. The van der Waals surface area contributed by atoms with Crippen LogP contribution in [0.5, 0.6) is 0 Å². The first-order chi connectivity index (χ1) is 59.6. The van der Waals surface area contributed by atoms with E-state index in [0.717, 1.165) is 18.8 Å². The van der Waals surface area contributed by atoms with Crippen molar-refractivity contribution in [3.8, 4) is 11.1 Å². The number of rotatable bonds is 19. The van der Waals surface area contributed by atoms with Gasteiger partial charge in [-0.3, -0.25) is 0 Å². The van der Waals surface area contributed by atoms with Crippen LogP contribution in [0.25, 0.3) is 21.9 Å². The molecule has 666 valence electrons. The summed E-state index contributed by atoms with van der Waals surface area (Å²) in [4.78, 5) is 0. The first-order valence-electron chi connectivity index (χ1n) is 47.7. The molecule has 0 amide bonds. The van der Waals surface area contributed by atoms with Crippen molar-refractivity contribution in [2.75, 3.05) is 0 Å². The molecule has 0 heteroatoms. The summed E-state index contributed by atoms with van der Waals surface area (Å²) < 4.78 is 0.